The first kappa shape index (κ1) is 14.3. The molecular formula is C13H16ClN5O. The number of halogens is 1. The highest BCUT2D eigenvalue weighted by molar-refractivity contribution is 6.33. The molecule has 1 amide bonds. The number of pyridine rings is 1. The summed E-state index contributed by atoms with van der Waals surface area (Å²) in [5, 5.41) is 7.35. The van der Waals surface area contributed by atoms with Gasteiger partial charge < -0.3 is 11.1 Å². The van der Waals surface area contributed by atoms with Crippen molar-refractivity contribution in [3.05, 3.63) is 39.8 Å². The van der Waals surface area contributed by atoms with Crippen molar-refractivity contribution in [2.24, 2.45) is 7.05 Å². The van der Waals surface area contributed by atoms with Crippen molar-refractivity contribution in [2.45, 2.75) is 20.4 Å². The molecule has 3 N–H and O–H groups in total. The fourth-order valence-electron chi connectivity index (χ4n) is 1.94. The van der Waals surface area contributed by atoms with Gasteiger partial charge in [0.2, 0.25) is 0 Å². The van der Waals surface area contributed by atoms with Crippen LogP contribution < -0.4 is 11.1 Å². The Morgan fingerprint density at radius 3 is 2.75 bits per heavy atom. The molecule has 2 aromatic rings. The van der Waals surface area contributed by atoms with E-state index in [1.54, 1.807) is 16.8 Å². The molecule has 0 atom stereocenters. The van der Waals surface area contributed by atoms with E-state index in [0.29, 0.717) is 6.54 Å². The number of rotatable bonds is 3. The number of hydrogen-bond acceptors (Lipinski definition) is 4. The minimum atomic E-state index is -0.357. The third kappa shape index (κ3) is 2.75. The molecule has 0 fully saturated rings. The number of carbonyl (C=O) groups excluding carboxylic acids is 1. The Labute approximate surface area is 121 Å². The van der Waals surface area contributed by atoms with E-state index < -0.39 is 0 Å². The van der Waals surface area contributed by atoms with Crippen LogP contribution >= 0.6 is 11.6 Å². The highest BCUT2D eigenvalue weighted by atomic mass is 35.5. The molecule has 0 unspecified atom stereocenters. The van der Waals surface area contributed by atoms with Gasteiger partial charge in [-0.3, -0.25) is 9.48 Å². The molecule has 106 valence electrons. The molecule has 0 aliphatic carbocycles. The van der Waals surface area contributed by atoms with Crippen molar-refractivity contribution in [1.29, 1.82) is 0 Å². The summed E-state index contributed by atoms with van der Waals surface area (Å²) in [7, 11) is 1.87. The zero-order chi connectivity index (χ0) is 14.9. The number of aromatic nitrogens is 3. The molecule has 20 heavy (non-hydrogen) atoms. The van der Waals surface area contributed by atoms with Crippen LogP contribution in [0.25, 0.3) is 0 Å². The highest BCUT2D eigenvalue weighted by Gasteiger charge is 2.15. The zero-order valence-corrected chi connectivity index (χ0v) is 12.3. The first-order valence-corrected chi connectivity index (χ1v) is 6.47. The standard InChI is InChI=1S/C13H16ClN5O/c1-7-9(8(2)19(3)18-7)6-16-13(20)12-10(14)4-5-11(15)17-12/h4-5H,6H2,1-3H3,(H2,15,17)(H,16,20). The molecule has 0 aliphatic heterocycles. The molecule has 2 aromatic heterocycles. The van der Waals surface area contributed by atoms with Crippen molar-refractivity contribution in [2.75, 3.05) is 5.73 Å². The zero-order valence-electron chi connectivity index (χ0n) is 11.6. The van der Waals surface area contributed by atoms with Gasteiger partial charge in [0.05, 0.1) is 10.7 Å². The number of aryl methyl sites for hydroxylation is 2. The fourth-order valence-corrected chi connectivity index (χ4v) is 2.13. The Morgan fingerprint density at radius 2 is 2.15 bits per heavy atom. The number of hydrogen-bond donors (Lipinski definition) is 2. The van der Waals surface area contributed by atoms with E-state index in [2.05, 4.69) is 15.4 Å². The van der Waals surface area contributed by atoms with Crippen LogP contribution in [-0.4, -0.2) is 20.7 Å². The highest BCUT2D eigenvalue weighted by Crippen LogP contribution is 2.16. The van der Waals surface area contributed by atoms with Gasteiger partial charge in [-0.05, 0) is 26.0 Å². The van der Waals surface area contributed by atoms with E-state index >= 15 is 0 Å². The van der Waals surface area contributed by atoms with Crippen molar-refractivity contribution in [1.82, 2.24) is 20.1 Å². The molecular weight excluding hydrogens is 278 g/mol. The Kier molecular flexibility index (Phi) is 3.94. The number of amides is 1. The van der Waals surface area contributed by atoms with Gasteiger partial charge in [-0.15, -0.1) is 0 Å². The van der Waals surface area contributed by atoms with Crippen LogP contribution in [0.5, 0.6) is 0 Å². The fraction of sp³-hybridized carbons (Fsp3) is 0.308. The quantitative estimate of drug-likeness (QED) is 0.900. The van der Waals surface area contributed by atoms with Crippen molar-refractivity contribution < 1.29 is 4.79 Å². The lowest BCUT2D eigenvalue weighted by Gasteiger charge is -2.07. The molecule has 7 heteroatoms. The maximum absolute atomic E-state index is 12.1. The second-order valence-corrected chi connectivity index (χ2v) is 4.93. The van der Waals surface area contributed by atoms with Crippen molar-refractivity contribution in [3.8, 4) is 0 Å². The van der Waals surface area contributed by atoms with Gasteiger partial charge >= 0.3 is 0 Å². The molecule has 0 spiro atoms. The Balaban J connectivity index is 2.15. The Bertz CT molecular complexity index is 665. The topological polar surface area (TPSA) is 85.8 Å². The SMILES string of the molecule is Cc1nn(C)c(C)c1CNC(=O)c1nc(N)ccc1Cl. The average molecular weight is 294 g/mol. The monoisotopic (exact) mass is 293 g/mol. The first-order valence-electron chi connectivity index (χ1n) is 6.09. The Morgan fingerprint density at radius 1 is 1.45 bits per heavy atom. The van der Waals surface area contributed by atoms with Crippen LogP contribution in [0.15, 0.2) is 12.1 Å². The van der Waals surface area contributed by atoms with Crippen LogP contribution in [0.1, 0.15) is 27.4 Å². The van der Waals surface area contributed by atoms with Crippen molar-refractivity contribution >= 4 is 23.3 Å². The maximum Gasteiger partial charge on any atom is 0.271 e. The van der Waals surface area contributed by atoms with Gasteiger partial charge in [-0.2, -0.15) is 5.10 Å². The molecule has 0 radical (unpaired) electrons. The summed E-state index contributed by atoms with van der Waals surface area (Å²) >= 11 is 5.94. The largest absolute Gasteiger partial charge is 0.384 e. The molecule has 2 heterocycles. The number of nitrogens with two attached hydrogens (primary N) is 1. The smallest absolute Gasteiger partial charge is 0.271 e. The van der Waals surface area contributed by atoms with Gasteiger partial charge in [0.25, 0.3) is 5.91 Å². The first-order chi connectivity index (χ1) is 9.40. The third-order valence-corrected chi connectivity index (χ3v) is 3.47. The van der Waals surface area contributed by atoms with Gasteiger partial charge in [0.1, 0.15) is 11.5 Å². The van der Waals surface area contributed by atoms with Gasteiger partial charge in [-0.1, -0.05) is 11.6 Å². The van der Waals surface area contributed by atoms with Crippen LogP contribution in [0, 0.1) is 13.8 Å². The summed E-state index contributed by atoms with van der Waals surface area (Å²) in [4.78, 5) is 16.0. The minimum Gasteiger partial charge on any atom is -0.384 e. The third-order valence-electron chi connectivity index (χ3n) is 3.17. The summed E-state index contributed by atoms with van der Waals surface area (Å²) in [5.74, 6) is -0.0989. The summed E-state index contributed by atoms with van der Waals surface area (Å²) < 4.78 is 1.78. The predicted octanol–water partition coefficient (Wildman–Crippen LogP) is 1.60. The van der Waals surface area contributed by atoms with Crippen LogP contribution in [0.3, 0.4) is 0 Å². The van der Waals surface area contributed by atoms with Crippen LogP contribution in [0.4, 0.5) is 5.82 Å². The molecule has 2 rings (SSSR count). The molecule has 0 aliphatic rings. The van der Waals surface area contributed by atoms with E-state index in [9.17, 15) is 4.79 Å². The van der Waals surface area contributed by atoms with E-state index in [1.807, 2.05) is 20.9 Å². The van der Waals surface area contributed by atoms with Crippen LogP contribution in [-0.2, 0) is 13.6 Å². The van der Waals surface area contributed by atoms with E-state index in [4.69, 9.17) is 17.3 Å². The maximum atomic E-state index is 12.1. The number of nitrogen functional groups attached to an aromatic ring is 1. The molecule has 0 bridgehead atoms. The van der Waals surface area contributed by atoms with E-state index in [1.165, 1.54) is 0 Å². The average Bonchev–Trinajstić information content (AvgIpc) is 2.64. The number of nitrogens with zero attached hydrogens (tertiary/aromatic N) is 3. The summed E-state index contributed by atoms with van der Waals surface area (Å²) in [6.07, 6.45) is 0. The summed E-state index contributed by atoms with van der Waals surface area (Å²) in [6, 6.07) is 3.11. The second-order valence-electron chi connectivity index (χ2n) is 4.52. The van der Waals surface area contributed by atoms with E-state index in [-0.39, 0.29) is 22.4 Å². The van der Waals surface area contributed by atoms with Crippen molar-refractivity contribution in [3.63, 3.8) is 0 Å². The summed E-state index contributed by atoms with van der Waals surface area (Å²) in [5.41, 5.74) is 8.57. The van der Waals surface area contributed by atoms with Gasteiger partial charge in [0.15, 0.2) is 0 Å². The number of anilines is 1. The number of carbonyl (C=O) groups is 1. The second kappa shape index (κ2) is 5.50. The van der Waals surface area contributed by atoms with Gasteiger partial charge in [0, 0.05) is 24.8 Å². The molecule has 0 aromatic carbocycles. The number of nitrogens with one attached hydrogen (secondary N) is 1. The van der Waals surface area contributed by atoms with Gasteiger partial charge in [-0.25, -0.2) is 4.98 Å². The Hall–Kier alpha value is -2.08. The lowest BCUT2D eigenvalue weighted by atomic mass is 10.2. The molecule has 6 nitrogen and oxygen atoms in total. The normalized spacial score (nSPS) is 10.6. The summed E-state index contributed by atoms with van der Waals surface area (Å²) in [6.45, 7) is 4.23. The minimum absolute atomic E-state index is 0.130. The molecule has 0 saturated heterocycles. The lowest BCUT2D eigenvalue weighted by Crippen LogP contribution is -2.25. The lowest BCUT2D eigenvalue weighted by molar-refractivity contribution is 0.0946. The molecule has 0 saturated carbocycles. The predicted molar refractivity (Wildman–Crippen MR) is 77.5 cm³/mol. The van der Waals surface area contributed by atoms with Crippen LogP contribution in [0.2, 0.25) is 5.02 Å². The van der Waals surface area contributed by atoms with E-state index in [0.717, 1.165) is 17.0 Å².